The number of primary amides is 1. The first-order chi connectivity index (χ1) is 14.0. The minimum Gasteiger partial charge on any atom is -0.497 e. The van der Waals surface area contributed by atoms with Crippen LogP contribution in [-0.4, -0.2) is 60.4 Å². The molecule has 2 heterocycles. The third-order valence-electron chi connectivity index (χ3n) is 5.24. The monoisotopic (exact) mass is 399 g/mol. The molecule has 1 aromatic heterocycles. The van der Waals surface area contributed by atoms with E-state index in [1.807, 2.05) is 30.3 Å². The van der Waals surface area contributed by atoms with E-state index in [4.69, 9.17) is 15.2 Å². The first-order valence-electron chi connectivity index (χ1n) is 9.94. The molecule has 0 bridgehead atoms. The lowest BCUT2D eigenvalue weighted by Crippen LogP contribution is -2.41. The maximum atomic E-state index is 11.0. The van der Waals surface area contributed by atoms with Gasteiger partial charge in [-0.15, -0.1) is 0 Å². The van der Waals surface area contributed by atoms with Gasteiger partial charge in [0.25, 0.3) is 0 Å². The van der Waals surface area contributed by atoms with E-state index in [9.17, 15) is 9.90 Å². The first-order valence-corrected chi connectivity index (χ1v) is 9.94. The number of hydrogen-bond donors (Lipinski definition) is 2. The minimum absolute atomic E-state index is 0.199. The molecule has 0 saturated carbocycles. The average molecular weight is 399 g/mol. The normalized spacial score (nSPS) is 16.3. The topological polar surface area (TPSA) is 97.9 Å². The van der Waals surface area contributed by atoms with Gasteiger partial charge in [-0.05, 0) is 67.2 Å². The smallest absolute Gasteiger partial charge is 0.217 e. The number of hydrogen-bond acceptors (Lipinski definition) is 6. The molecule has 0 aliphatic carbocycles. The van der Waals surface area contributed by atoms with Crippen LogP contribution in [0.4, 0.5) is 0 Å². The van der Waals surface area contributed by atoms with E-state index in [-0.39, 0.29) is 12.5 Å². The van der Waals surface area contributed by atoms with E-state index in [1.165, 1.54) is 0 Å². The van der Waals surface area contributed by atoms with E-state index in [0.717, 1.165) is 37.1 Å². The molecule has 29 heavy (non-hydrogen) atoms. The van der Waals surface area contributed by atoms with Gasteiger partial charge in [-0.1, -0.05) is 0 Å². The predicted molar refractivity (Wildman–Crippen MR) is 111 cm³/mol. The lowest BCUT2D eigenvalue weighted by atomic mass is 9.93. The van der Waals surface area contributed by atoms with Crippen molar-refractivity contribution < 1.29 is 19.4 Å². The first kappa shape index (κ1) is 21.1. The zero-order valence-corrected chi connectivity index (χ0v) is 16.8. The van der Waals surface area contributed by atoms with E-state index in [2.05, 4.69) is 9.88 Å². The molecule has 7 heteroatoms. The summed E-state index contributed by atoms with van der Waals surface area (Å²) >= 11 is 0. The molecular formula is C22H29N3O4. The van der Waals surface area contributed by atoms with Gasteiger partial charge in [0.1, 0.15) is 24.2 Å². The van der Waals surface area contributed by atoms with Crippen molar-refractivity contribution in [2.24, 2.45) is 11.7 Å². The maximum absolute atomic E-state index is 11.0. The fraction of sp³-hybridized carbons (Fsp3) is 0.455. The number of aromatic nitrogens is 1. The van der Waals surface area contributed by atoms with Crippen LogP contribution in [0.15, 0.2) is 42.7 Å². The van der Waals surface area contributed by atoms with Crippen LogP contribution >= 0.6 is 0 Å². The van der Waals surface area contributed by atoms with Crippen LogP contribution in [0.5, 0.6) is 11.5 Å². The summed E-state index contributed by atoms with van der Waals surface area (Å²) in [5.74, 6) is 1.47. The number of nitrogens with zero attached hydrogens (tertiary/aromatic N) is 2. The molecule has 2 aromatic rings. The standard InChI is InChI=1S/C22H29N3O4/c1-28-20-11-18(17-2-6-24-7-3-17)12-21(13-20)29-15-19(26)14-25-8-4-16(5-9-25)10-22(23)27/h2-3,6-7,11-13,16,19,26H,4-5,8-10,14-15H2,1H3,(H2,23,27). The van der Waals surface area contributed by atoms with E-state index < -0.39 is 6.10 Å². The highest BCUT2D eigenvalue weighted by Crippen LogP contribution is 2.29. The van der Waals surface area contributed by atoms with E-state index >= 15 is 0 Å². The molecule has 156 valence electrons. The highest BCUT2D eigenvalue weighted by molar-refractivity contribution is 5.74. The van der Waals surface area contributed by atoms with Gasteiger partial charge in [0.15, 0.2) is 0 Å². The van der Waals surface area contributed by atoms with Gasteiger partial charge < -0.3 is 25.2 Å². The molecule has 3 N–H and O–H groups in total. The molecule has 1 aliphatic rings. The minimum atomic E-state index is -0.599. The second-order valence-corrected chi connectivity index (χ2v) is 7.51. The number of carbonyl (C=O) groups excluding carboxylic acids is 1. The van der Waals surface area contributed by atoms with Crippen molar-refractivity contribution >= 4 is 5.91 Å². The quantitative estimate of drug-likeness (QED) is 0.670. The fourth-order valence-corrected chi connectivity index (χ4v) is 3.68. The number of carbonyl (C=O) groups is 1. The number of aliphatic hydroxyl groups is 1. The highest BCUT2D eigenvalue weighted by Gasteiger charge is 2.22. The van der Waals surface area contributed by atoms with Gasteiger partial charge in [-0.25, -0.2) is 0 Å². The Morgan fingerprint density at radius 1 is 1.21 bits per heavy atom. The Balaban J connectivity index is 1.52. The molecule has 3 rings (SSSR count). The Kier molecular flexibility index (Phi) is 7.43. The summed E-state index contributed by atoms with van der Waals surface area (Å²) in [7, 11) is 1.62. The summed E-state index contributed by atoms with van der Waals surface area (Å²) in [6.45, 7) is 2.47. The summed E-state index contributed by atoms with van der Waals surface area (Å²) in [5, 5.41) is 10.4. The summed E-state index contributed by atoms with van der Waals surface area (Å²) in [6, 6.07) is 9.53. The summed E-state index contributed by atoms with van der Waals surface area (Å²) < 4.78 is 11.2. The second-order valence-electron chi connectivity index (χ2n) is 7.51. The number of aliphatic hydroxyl groups excluding tert-OH is 1. The Labute approximate surface area is 171 Å². The number of nitrogens with two attached hydrogens (primary N) is 1. The van der Waals surface area contributed by atoms with Crippen LogP contribution in [0.2, 0.25) is 0 Å². The zero-order chi connectivity index (χ0) is 20.6. The third kappa shape index (κ3) is 6.44. The van der Waals surface area contributed by atoms with Crippen LogP contribution in [-0.2, 0) is 4.79 Å². The number of rotatable bonds is 9. The van der Waals surface area contributed by atoms with Crippen LogP contribution in [0.3, 0.4) is 0 Å². The number of β-amino-alcohol motifs (C(OH)–C–C–N with tert-alkyl or cyclic N) is 1. The van der Waals surface area contributed by atoms with Crippen molar-refractivity contribution in [3.8, 4) is 22.6 Å². The Bertz CT molecular complexity index is 792. The molecule has 0 radical (unpaired) electrons. The van der Waals surface area contributed by atoms with Crippen LogP contribution in [0, 0.1) is 5.92 Å². The fourth-order valence-electron chi connectivity index (χ4n) is 3.68. The molecule has 7 nitrogen and oxygen atoms in total. The lowest BCUT2D eigenvalue weighted by Gasteiger charge is -2.32. The van der Waals surface area contributed by atoms with Gasteiger partial charge in [0.05, 0.1) is 7.11 Å². The van der Waals surface area contributed by atoms with Crippen LogP contribution < -0.4 is 15.2 Å². The van der Waals surface area contributed by atoms with E-state index in [1.54, 1.807) is 19.5 Å². The predicted octanol–water partition coefficient (Wildman–Crippen LogP) is 2.08. The number of ether oxygens (including phenoxy) is 2. The summed E-state index contributed by atoms with van der Waals surface area (Å²) in [5.41, 5.74) is 7.26. The van der Waals surface area contributed by atoms with Gasteiger partial charge in [-0.3, -0.25) is 9.78 Å². The van der Waals surface area contributed by atoms with Gasteiger partial charge >= 0.3 is 0 Å². The summed E-state index contributed by atoms with van der Waals surface area (Å²) in [4.78, 5) is 17.3. The van der Waals surface area contributed by atoms with Gasteiger partial charge in [-0.2, -0.15) is 0 Å². The van der Waals surface area contributed by atoms with Crippen LogP contribution in [0.1, 0.15) is 19.3 Å². The Morgan fingerprint density at radius 2 is 1.90 bits per heavy atom. The average Bonchev–Trinajstić information content (AvgIpc) is 2.73. The third-order valence-corrected chi connectivity index (χ3v) is 5.24. The highest BCUT2D eigenvalue weighted by atomic mass is 16.5. The largest absolute Gasteiger partial charge is 0.497 e. The molecule has 0 spiro atoms. The molecule has 1 saturated heterocycles. The van der Waals surface area contributed by atoms with Crippen molar-refractivity contribution in [1.29, 1.82) is 0 Å². The number of methoxy groups -OCH3 is 1. The van der Waals surface area contributed by atoms with Gasteiger partial charge in [0.2, 0.25) is 5.91 Å². The number of benzene rings is 1. The summed E-state index contributed by atoms with van der Waals surface area (Å²) in [6.07, 6.45) is 5.20. The Morgan fingerprint density at radius 3 is 2.55 bits per heavy atom. The van der Waals surface area contributed by atoms with Crippen molar-refractivity contribution in [1.82, 2.24) is 9.88 Å². The second kappa shape index (κ2) is 10.2. The maximum Gasteiger partial charge on any atom is 0.217 e. The SMILES string of the molecule is COc1cc(OCC(O)CN2CCC(CC(N)=O)CC2)cc(-c2ccncc2)c1. The lowest BCUT2D eigenvalue weighted by molar-refractivity contribution is -0.119. The Hall–Kier alpha value is -2.64. The molecule has 1 atom stereocenters. The number of piperidine rings is 1. The van der Waals surface area contributed by atoms with Crippen molar-refractivity contribution in [2.45, 2.75) is 25.4 Å². The molecule has 1 aliphatic heterocycles. The molecule has 1 amide bonds. The number of amides is 1. The molecular weight excluding hydrogens is 370 g/mol. The molecule has 1 aromatic carbocycles. The van der Waals surface area contributed by atoms with Crippen molar-refractivity contribution in [3.63, 3.8) is 0 Å². The van der Waals surface area contributed by atoms with Crippen molar-refractivity contribution in [3.05, 3.63) is 42.7 Å². The number of likely N-dealkylation sites (tertiary alicyclic amines) is 1. The molecule has 1 unspecified atom stereocenters. The van der Waals surface area contributed by atoms with E-state index in [0.29, 0.717) is 30.4 Å². The number of pyridine rings is 1. The van der Waals surface area contributed by atoms with Crippen LogP contribution in [0.25, 0.3) is 11.1 Å². The van der Waals surface area contributed by atoms with Crippen molar-refractivity contribution in [2.75, 3.05) is 33.4 Å². The zero-order valence-electron chi connectivity index (χ0n) is 16.8. The molecule has 1 fully saturated rings. The van der Waals surface area contributed by atoms with Gasteiger partial charge in [0, 0.05) is 31.4 Å².